The highest BCUT2D eigenvalue weighted by Crippen LogP contribution is 2.32. The summed E-state index contributed by atoms with van der Waals surface area (Å²) in [5.41, 5.74) is 2.91. The zero-order valence-corrected chi connectivity index (χ0v) is 19.7. The highest BCUT2D eigenvalue weighted by atomic mass is 32.2. The molecule has 1 saturated carbocycles. The Morgan fingerprint density at radius 2 is 1.81 bits per heavy atom. The molecule has 31 heavy (non-hydrogen) atoms. The van der Waals surface area contributed by atoms with Gasteiger partial charge in [-0.3, -0.25) is 4.79 Å². The van der Waals surface area contributed by atoms with Crippen LogP contribution in [0.2, 0.25) is 0 Å². The van der Waals surface area contributed by atoms with E-state index in [0.717, 1.165) is 32.8 Å². The van der Waals surface area contributed by atoms with E-state index in [1.165, 1.54) is 18.4 Å². The lowest BCUT2D eigenvalue weighted by Crippen LogP contribution is -2.43. The van der Waals surface area contributed by atoms with Crippen molar-refractivity contribution in [1.29, 1.82) is 0 Å². The van der Waals surface area contributed by atoms with Crippen molar-refractivity contribution in [2.75, 3.05) is 0 Å². The molecule has 1 heterocycles. The number of benzene rings is 2. The lowest BCUT2D eigenvalue weighted by atomic mass is 9.78. The molecule has 2 aromatic carbocycles. The van der Waals surface area contributed by atoms with Gasteiger partial charge < -0.3 is 5.32 Å². The van der Waals surface area contributed by atoms with Gasteiger partial charge in [-0.05, 0) is 54.0 Å². The number of carbonyl (C=O) groups excluding carboxylic acids is 1. The second kappa shape index (κ2) is 9.44. The molecule has 4 rings (SSSR count). The van der Waals surface area contributed by atoms with Crippen LogP contribution in [0.1, 0.15) is 68.8 Å². The maximum Gasteiger partial charge on any atom is 0.252 e. The minimum Gasteiger partial charge on any atom is -0.349 e. The van der Waals surface area contributed by atoms with Crippen LogP contribution in [0, 0.1) is 11.8 Å². The highest BCUT2D eigenvalue weighted by Gasteiger charge is 2.29. The summed E-state index contributed by atoms with van der Waals surface area (Å²) >= 11 is 1.61. The van der Waals surface area contributed by atoms with E-state index in [4.69, 9.17) is 4.98 Å². The van der Waals surface area contributed by atoms with Gasteiger partial charge in [0, 0.05) is 16.3 Å². The summed E-state index contributed by atoms with van der Waals surface area (Å²) in [7, 11) is 0. The van der Waals surface area contributed by atoms with Gasteiger partial charge in [-0.1, -0.05) is 82.6 Å². The average Bonchev–Trinajstić information content (AvgIpc) is 2.76. The van der Waals surface area contributed by atoms with Crippen molar-refractivity contribution in [2.24, 2.45) is 11.8 Å². The first-order valence-corrected chi connectivity index (χ1v) is 12.2. The van der Waals surface area contributed by atoms with Gasteiger partial charge in [0.1, 0.15) is 5.03 Å². The number of aromatic nitrogens is 1. The number of para-hydroxylation sites is 1. The van der Waals surface area contributed by atoms with E-state index in [2.05, 4.69) is 57.3 Å². The predicted octanol–water partition coefficient (Wildman–Crippen LogP) is 7.06. The molecule has 0 radical (unpaired) electrons. The Morgan fingerprint density at radius 1 is 1.06 bits per heavy atom. The van der Waals surface area contributed by atoms with Crippen LogP contribution in [0.4, 0.5) is 0 Å². The van der Waals surface area contributed by atoms with Crippen molar-refractivity contribution < 1.29 is 4.79 Å². The van der Waals surface area contributed by atoms with Crippen LogP contribution < -0.4 is 5.32 Å². The van der Waals surface area contributed by atoms with Gasteiger partial charge >= 0.3 is 0 Å². The lowest BCUT2D eigenvalue weighted by Gasteiger charge is -2.34. The summed E-state index contributed by atoms with van der Waals surface area (Å²) in [5, 5.41) is 5.11. The Hall–Kier alpha value is -2.33. The van der Waals surface area contributed by atoms with E-state index in [1.807, 2.05) is 30.3 Å². The molecule has 162 valence electrons. The fourth-order valence-electron chi connectivity index (χ4n) is 4.46. The smallest absolute Gasteiger partial charge is 0.252 e. The van der Waals surface area contributed by atoms with Crippen molar-refractivity contribution in [3.63, 3.8) is 0 Å². The Morgan fingerprint density at radius 3 is 2.55 bits per heavy atom. The maximum absolute atomic E-state index is 13.4. The van der Waals surface area contributed by atoms with Crippen LogP contribution in [-0.2, 0) is 0 Å². The first-order valence-electron chi connectivity index (χ1n) is 11.4. The van der Waals surface area contributed by atoms with E-state index in [1.54, 1.807) is 11.8 Å². The van der Waals surface area contributed by atoms with E-state index in [9.17, 15) is 4.79 Å². The van der Waals surface area contributed by atoms with Crippen molar-refractivity contribution in [1.82, 2.24) is 10.3 Å². The van der Waals surface area contributed by atoms with Crippen LogP contribution in [0.3, 0.4) is 0 Å². The first-order chi connectivity index (χ1) is 14.9. The van der Waals surface area contributed by atoms with Gasteiger partial charge in [-0.15, -0.1) is 0 Å². The predicted molar refractivity (Wildman–Crippen MR) is 130 cm³/mol. The summed E-state index contributed by atoms with van der Waals surface area (Å²) in [5.74, 6) is 1.67. The monoisotopic (exact) mass is 432 g/mol. The molecular weight excluding hydrogens is 400 g/mol. The molecule has 1 amide bonds. The Kier molecular flexibility index (Phi) is 6.66. The van der Waals surface area contributed by atoms with E-state index >= 15 is 0 Å². The maximum atomic E-state index is 13.4. The third kappa shape index (κ3) is 4.95. The molecule has 0 bridgehead atoms. The SMILES string of the molecule is CC(C)c1ccc(Sc2cc(C(=O)N[C@@H]3CCC[C@@H](C)[C@H]3C)c3ccccc3n2)cc1. The van der Waals surface area contributed by atoms with Crippen LogP contribution in [0.25, 0.3) is 10.9 Å². The standard InChI is InChI=1S/C27H32N2OS/c1-17(2)20-12-14-21(15-13-20)31-26-16-23(22-9-5-6-10-25(22)28-26)27(30)29-24-11-7-8-18(3)19(24)4/h5-6,9-10,12-19,24H,7-8,11H2,1-4H3,(H,29,30)/t18-,19-,24-/m1/s1. The normalized spacial score (nSPS) is 21.4. The molecular formula is C27H32N2OS. The molecule has 3 aromatic rings. The van der Waals surface area contributed by atoms with Gasteiger partial charge in [0.2, 0.25) is 0 Å². The number of rotatable bonds is 5. The number of carbonyl (C=O) groups is 1. The molecule has 1 N–H and O–H groups in total. The third-order valence-corrected chi connectivity index (χ3v) is 7.66. The first kappa shape index (κ1) is 21.9. The Balaban J connectivity index is 1.62. The summed E-state index contributed by atoms with van der Waals surface area (Å²) in [6.07, 6.45) is 3.49. The molecule has 1 fully saturated rings. The molecule has 3 nitrogen and oxygen atoms in total. The number of nitrogens with zero attached hydrogens (tertiary/aromatic N) is 1. The Labute approximate surface area is 190 Å². The minimum absolute atomic E-state index is 0.0153. The van der Waals surface area contributed by atoms with E-state index in [-0.39, 0.29) is 11.9 Å². The number of pyridine rings is 1. The van der Waals surface area contributed by atoms with Gasteiger partial charge in [-0.2, -0.15) is 0 Å². The van der Waals surface area contributed by atoms with Crippen molar-refractivity contribution in [2.45, 2.75) is 68.8 Å². The number of hydrogen-bond acceptors (Lipinski definition) is 3. The number of nitrogens with one attached hydrogen (secondary N) is 1. The molecule has 0 saturated heterocycles. The highest BCUT2D eigenvalue weighted by molar-refractivity contribution is 7.99. The summed E-state index contributed by atoms with van der Waals surface area (Å²) in [6.45, 7) is 8.96. The Bertz CT molecular complexity index is 1060. The molecule has 4 heteroatoms. The van der Waals surface area contributed by atoms with Gasteiger partial charge in [-0.25, -0.2) is 4.98 Å². The molecule has 0 unspecified atom stereocenters. The second-order valence-electron chi connectivity index (χ2n) is 9.20. The number of fused-ring (bicyclic) bond motifs is 1. The van der Waals surface area contributed by atoms with Gasteiger partial charge in [0.15, 0.2) is 0 Å². The summed E-state index contributed by atoms with van der Waals surface area (Å²) in [6, 6.07) is 18.8. The van der Waals surface area contributed by atoms with Crippen LogP contribution >= 0.6 is 11.8 Å². The minimum atomic E-state index is 0.0153. The van der Waals surface area contributed by atoms with Crippen LogP contribution in [-0.4, -0.2) is 16.9 Å². The largest absolute Gasteiger partial charge is 0.349 e. The topological polar surface area (TPSA) is 42.0 Å². The molecule has 0 aliphatic heterocycles. The van der Waals surface area contributed by atoms with E-state index < -0.39 is 0 Å². The number of amides is 1. The number of hydrogen-bond donors (Lipinski definition) is 1. The summed E-state index contributed by atoms with van der Waals surface area (Å²) < 4.78 is 0. The van der Waals surface area contributed by atoms with Crippen LogP contribution in [0.15, 0.2) is 64.5 Å². The lowest BCUT2D eigenvalue weighted by molar-refractivity contribution is 0.0892. The average molecular weight is 433 g/mol. The van der Waals surface area contributed by atoms with Crippen molar-refractivity contribution in [3.05, 3.63) is 65.7 Å². The van der Waals surface area contributed by atoms with E-state index in [0.29, 0.717) is 17.8 Å². The van der Waals surface area contributed by atoms with Crippen LogP contribution in [0.5, 0.6) is 0 Å². The summed E-state index contributed by atoms with van der Waals surface area (Å²) in [4.78, 5) is 19.3. The zero-order valence-electron chi connectivity index (χ0n) is 18.9. The fraction of sp³-hybridized carbons (Fsp3) is 0.407. The fourth-order valence-corrected chi connectivity index (χ4v) is 5.30. The molecule has 3 atom stereocenters. The van der Waals surface area contributed by atoms with Gasteiger partial charge in [0.25, 0.3) is 5.91 Å². The van der Waals surface area contributed by atoms with Gasteiger partial charge in [0.05, 0.1) is 11.1 Å². The molecule has 1 aliphatic rings. The second-order valence-corrected chi connectivity index (χ2v) is 10.3. The van der Waals surface area contributed by atoms with Crippen molar-refractivity contribution >= 4 is 28.6 Å². The molecule has 0 spiro atoms. The molecule has 1 aliphatic carbocycles. The van der Waals surface area contributed by atoms with Crippen molar-refractivity contribution in [3.8, 4) is 0 Å². The molecule has 1 aromatic heterocycles. The zero-order chi connectivity index (χ0) is 22.0. The quantitative estimate of drug-likeness (QED) is 0.469. The third-order valence-electron chi connectivity index (χ3n) is 6.73.